The third-order valence-electron chi connectivity index (χ3n) is 7.07. The molecule has 7 nitrogen and oxygen atoms in total. The Labute approximate surface area is 195 Å². The van der Waals surface area contributed by atoms with E-state index in [4.69, 9.17) is 18.9 Å². The molecule has 1 saturated carbocycles. The minimum atomic E-state index is 0.183. The van der Waals surface area contributed by atoms with Crippen LogP contribution in [-0.4, -0.2) is 55.9 Å². The van der Waals surface area contributed by atoms with E-state index in [1.807, 2.05) is 29.2 Å². The average molecular weight is 453 g/mol. The van der Waals surface area contributed by atoms with Crippen LogP contribution in [0.1, 0.15) is 42.4 Å². The molecule has 2 aromatic carbocycles. The molecule has 0 unspecified atom stereocenters. The van der Waals surface area contributed by atoms with Gasteiger partial charge in [-0.1, -0.05) is 18.9 Å². The number of nitrogens with zero attached hydrogens (tertiary/aromatic N) is 2. The summed E-state index contributed by atoms with van der Waals surface area (Å²) in [6.45, 7) is 2.78. The van der Waals surface area contributed by atoms with Crippen LogP contribution >= 0.6 is 0 Å². The molecular formula is C26H32N2O5. The summed E-state index contributed by atoms with van der Waals surface area (Å²) in [7, 11) is 3.30. The van der Waals surface area contributed by atoms with Crippen molar-refractivity contribution in [3.05, 3.63) is 47.0 Å². The van der Waals surface area contributed by atoms with E-state index in [1.165, 1.54) is 18.4 Å². The highest BCUT2D eigenvalue weighted by atomic mass is 16.7. The van der Waals surface area contributed by atoms with E-state index >= 15 is 0 Å². The molecule has 5 rings (SSSR count). The predicted octanol–water partition coefficient (Wildman–Crippen LogP) is 3.76. The molecule has 0 N–H and O–H groups in total. The molecule has 0 spiro atoms. The molecule has 2 aliphatic heterocycles. The molecule has 0 atom stereocenters. The van der Waals surface area contributed by atoms with E-state index in [9.17, 15) is 4.79 Å². The van der Waals surface area contributed by atoms with Crippen LogP contribution in [0.25, 0.3) is 0 Å². The summed E-state index contributed by atoms with van der Waals surface area (Å²) < 4.78 is 21.9. The molecule has 0 bridgehead atoms. The first-order valence-electron chi connectivity index (χ1n) is 11.8. The Balaban J connectivity index is 1.29. The summed E-state index contributed by atoms with van der Waals surface area (Å²) in [6, 6.07) is 10.6. The first kappa shape index (κ1) is 21.9. The summed E-state index contributed by atoms with van der Waals surface area (Å²) in [5.41, 5.74) is 3.51. The van der Waals surface area contributed by atoms with Crippen molar-refractivity contribution in [1.82, 2.24) is 9.80 Å². The lowest BCUT2D eigenvalue weighted by atomic mass is 9.98. The molecule has 1 amide bonds. The molecule has 2 heterocycles. The van der Waals surface area contributed by atoms with Gasteiger partial charge < -0.3 is 23.8 Å². The summed E-state index contributed by atoms with van der Waals surface area (Å²) >= 11 is 0. The normalized spacial score (nSPS) is 17.4. The topological polar surface area (TPSA) is 60.5 Å². The molecule has 0 radical (unpaired) electrons. The van der Waals surface area contributed by atoms with Gasteiger partial charge in [-0.2, -0.15) is 0 Å². The highest BCUT2D eigenvalue weighted by molar-refractivity contribution is 5.78. The second kappa shape index (κ2) is 9.51. The number of hydrogen-bond donors (Lipinski definition) is 0. The highest BCUT2D eigenvalue weighted by Crippen LogP contribution is 2.35. The van der Waals surface area contributed by atoms with Gasteiger partial charge >= 0.3 is 0 Å². The molecule has 1 aliphatic carbocycles. The van der Waals surface area contributed by atoms with Crippen molar-refractivity contribution in [3.8, 4) is 23.0 Å². The Kier molecular flexibility index (Phi) is 6.31. The number of benzene rings is 2. The van der Waals surface area contributed by atoms with Crippen LogP contribution < -0.4 is 18.9 Å². The predicted molar refractivity (Wildman–Crippen MR) is 124 cm³/mol. The lowest BCUT2D eigenvalue weighted by molar-refractivity contribution is -0.134. The molecular weight excluding hydrogens is 420 g/mol. The van der Waals surface area contributed by atoms with Gasteiger partial charge in [0.15, 0.2) is 23.0 Å². The molecule has 3 aliphatic rings. The van der Waals surface area contributed by atoms with Gasteiger partial charge in [-0.05, 0) is 60.2 Å². The van der Waals surface area contributed by atoms with Gasteiger partial charge in [0.1, 0.15) is 0 Å². The van der Waals surface area contributed by atoms with Crippen LogP contribution in [0.2, 0.25) is 0 Å². The molecule has 0 aromatic heterocycles. The smallest absolute Gasteiger partial charge is 0.237 e. The number of amides is 1. The average Bonchev–Trinajstić information content (AvgIpc) is 3.54. The maximum absolute atomic E-state index is 13.4. The molecule has 0 saturated heterocycles. The summed E-state index contributed by atoms with van der Waals surface area (Å²) in [4.78, 5) is 17.8. The van der Waals surface area contributed by atoms with Crippen LogP contribution in [0.5, 0.6) is 23.0 Å². The van der Waals surface area contributed by atoms with Gasteiger partial charge in [-0.25, -0.2) is 0 Å². The van der Waals surface area contributed by atoms with Crippen molar-refractivity contribution in [2.75, 3.05) is 34.1 Å². The van der Waals surface area contributed by atoms with Crippen LogP contribution in [0.4, 0.5) is 0 Å². The Hall–Kier alpha value is -2.93. The maximum Gasteiger partial charge on any atom is 0.237 e. The number of fused-ring (bicyclic) bond motifs is 2. The van der Waals surface area contributed by atoms with Gasteiger partial charge in [0.25, 0.3) is 0 Å². The van der Waals surface area contributed by atoms with E-state index in [0.29, 0.717) is 24.9 Å². The number of ether oxygens (including phenoxy) is 4. The van der Waals surface area contributed by atoms with Gasteiger partial charge in [0, 0.05) is 25.7 Å². The number of methoxy groups -OCH3 is 2. The lowest BCUT2D eigenvalue weighted by Crippen LogP contribution is -2.45. The quantitative estimate of drug-likeness (QED) is 0.638. The molecule has 7 heteroatoms. The fourth-order valence-electron chi connectivity index (χ4n) is 5.23. The van der Waals surface area contributed by atoms with Crippen molar-refractivity contribution in [1.29, 1.82) is 0 Å². The lowest BCUT2D eigenvalue weighted by Gasteiger charge is -2.34. The second-order valence-electron chi connectivity index (χ2n) is 9.07. The Morgan fingerprint density at radius 3 is 2.52 bits per heavy atom. The fraction of sp³-hybridized carbons (Fsp3) is 0.500. The minimum absolute atomic E-state index is 0.183. The third-order valence-corrected chi connectivity index (χ3v) is 7.07. The zero-order chi connectivity index (χ0) is 22.8. The van der Waals surface area contributed by atoms with Crippen LogP contribution in [0, 0.1) is 0 Å². The molecule has 2 aromatic rings. The second-order valence-corrected chi connectivity index (χ2v) is 9.07. The van der Waals surface area contributed by atoms with Crippen molar-refractivity contribution in [3.63, 3.8) is 0 Å². The Bertz CT molecular complexity index is 1020. The summed E-state index contributed by atoms with van der Waals surface area (Å²) in [5.74, 6) is 3.22. The van der Waals surface area contributed by atoms with Gasteiger partial charge in [-0.3, -0.25) is 9.69 Å². The molecule has 176 valence electrons. The largest absolute Gasteiger partial charge is 0.493 e. The van der Waals surface area contributed by atoms with Crippen molar-refractivity contribution in [2.24, 2.45) is 0 Å². The first-order chi connectivity index (χ1) is 16.1. The standard InChI is InChI=1S/C26H32N2O5/c1-30-23-12-19-9-10-27(15-20(19)13-24(23)31-2)26(29)16-28(21-5-3-4-6-21)14-18-7-8-22-25(11-18)33-17-32-22/h7-8,11-13,21H,3-6,9-10,14-17H2,1-2H3. The molecule has 1 fully saturated rings. The van der Waals surface area contributed by atoms with E-state index in [2.05, 4.69) is 11.0 Å². The number of carbonyl (C=O) groups is 1. The van der Waals surface area contributed by atoms with E-state index in [0.717, 1.165) is 60.7 Å². The summed E-state index contributed by atoms with van der Waals surface area (Å²) in [5, 5.41) is 0. The zero-order valence-electron chi connectivity index (χ0n) is 19.5. The van der Waals surface area contributed by atoms with Crippen molar-refractivity contribution >= 4 is 5.91 Å². The molecule has 33 heavy (non-hydrogen) atoms. The van der Waals surface area contributed by atoms with E-state index in [1.54, 1.807) is 14.2 Å². The SMILES string of the molecule is COc1cc2c(cc1OC)CN(C(=O)CN(Cc1ccc3c(c1)OCO3)C1CCCC1)CC2. The number of rotatable bonds is 7. The minimum Gasteiger partial charge on any atom is -0.493 e. The fourth-order valence-corrected chi connectivity index (χ4v) is 5.23. The third kappa shape index (κ3) is 4.60. The Morgan fingerprint density at radius 1 is 1.03 bits per heavy atom. The van der Waals surface area contributed by atoms with Crippen LogP contribution in [0.3, 0.4) is 0 Å². The highest BCUT2D eigenvalue weighted by Gasteiger charge is 2.29. The van der Waals surface area contributed by atoms with Gasteiger partial charge in [-0.15, -0.1) is 0 Å². The van der Waals surface area contributed by atoms with Crippen molar-refractivity contribution in [2.45, 2.75) is 51.2 Å². The number of carbonyl (C=O) groups excluding carboxylic acids is 1. The Morgan fingerprint density at radius 2 is 1.76 bits per heavy atom. The van der Waals surface area contributed by atoms with Crippen LogP contribution in [0.15, 0.2) is 30.3 Å². The van der Waals surface area contributed by atoms with Gasteiger partial charge in [0.2, 0.25) is 12.7 Å². The summed E-state index contributed by atoms with van der Waals surface area (Å²) in [6.07, 6.45) is 5.59. The van der Waals surface area contributed by atoms with Crippen LogP contribution in [-0.2, 0) is 24.3 Å². The van der Waals surface area contributed by atoms with Crippen molar-refractivity contribution < 1.29 is 23.7 Å². The van der Waals surface area contributed by atoms with E-state index in [-0.39, 0.29) is 12.7 Å². The monoisotopic (exact) mass is 452 g/mol. The first-order valence-corrected chi connectivity index (χ1v) is 11.8. The number of hydrogen-bond acceptors (Lipinski definition) is 6. The zero-order valence-corrected chi connectivity index (χ0v) is 19.5. The van der Waals surface area contributed by atoms with Gasteiger partial charge in [0.05, 0.1) is 20.8 Å². The van der Waals surface area contributed by atoms with E-state index < -0.39 is 0 Å². The maximum atomic E-state index is 13.4.